The highest BCUT2D eigenvalue weighted by Crippen LogP contribution is 2.36. The lowest BCUT2D eigenvalue weighted by Crippen LogP contribution is -2.20. The van der Waals surface area contributed by atoms with E-state index in [1.165, 1.54) is 30.6 Å². The number of nitrogens with zero attached hydrogens (tertiary/aromatic N) is 4. The standard InChI is InChI=1S/C24H21F3N6O3S/c25-14-4-5-18(26)21(10-14)37(34,35)32-19-3-1-2-16(23(19)27)24-17(20-11-22(28)30-13-29-20)12-33(31-24)15-6-8-36-9-7-15/h1-5,10-13,15,32H,6-9H2,(H2,28,29,30). The SMILES string of the molecule is Nc1cc(-c2cn(C3CCOCC3)nc2-c2cccc(NS(=O)(=O)c3cc(F)ccc3F)c2F)ncn1. The molecule has 0 unspecified atom stereocenters. The Balaban J connectivity index is 1.59. The Morgan fingerprint density at radius 1 is 1.03 bits per heavy atom. The maximum atomic E-state index is 15.8. The molecule has 0 bridgehead atoms. The van der Waals surface area contributed by atoms with Gasteiger partial charge >= 0.3 is 0 Å². The predicted octanol–water partition coefficient (Wildman–Crippen LogP) is 4.16. The molecule has 3 N–H and O–H groups in total. The lowest BCUT2D eigenvalue weighted by atomic mass is 10.0. The van der Waals surface area contributed by atoms with Gasteiger partial charge in [0.25, 0.3) is 10.0 Å². The Morgan fingerprint density at radius 2 is 1.81 bits per heavy atom. The number of nitrogen functional groups attached to an aromatic ring is 1. The highest BCUT2D eigenvalue weighted by Gasteiger charge is 2.26. The van der Waals surface area contributed by atoms with Crippen molar-refractivity contribution in [3.05, 3.63) is 72.4 Å². The molecule has 0 amide bonds. The fraction of sp³-hybridized carbons (Fsp3) is 0.208. The van der Waals surface area contributed by atoms with Crippen molar-refractivity contribution in [1.29, 1.82) is 0 Å². The van der Waals surface area contributed by atoms with Crippen molar-refractivity contribution in [3.63, 3.8) is 0 Å². The summed E-state index contributed by atoms with van der Waals surface area (Å²) in [6.45, 7) is 1.11. The van der Waals surface area contributed by atoms with E-state index in [0.717, 1.165) is 6.07 Å². The van der Waals surface area contributed by atoms with Gasteiger partial charge in [0.1, 0.15) is 34.4 Å². The maximum absolute atomic E-state index is 15.8. The summed E-state index contributed by atoms with van der Waals surface area (Å²) in [5.41, 5.74) is 6.39. The van der Waals surface area contributed by atoms with Gasteiger partial charge in [0.05, 0.1) is 17.4 Å². The minimum absolute atomic E-state index is 0.00105. The van der Waals surface area contributed by atoms with Gasteiger partial charge in [-0.05, 0) is 43.2 Å². The normalized spacial score (nSPS) is 14.6. The van der Waals surface area contributed by atoms with Crippen LogP contribution in [0.1, 0.15) is 18.9 Å². The van der Waals surface area contributed by atoms with E-state index in [4.69, 9.17) is 10.5 Å². The van der Waals surface area contributed by atoms with Crippen LogP contribution in [0.4, 0.5) is 24.7 Å². The summed E-state index contributed by atoms with van der Waals surface area (Å²) in [6.07, 6.45) is 4.40. The fourth-order valence-corrected chi connectivity index (χ4v) is 5.26. The molecular formula is C24H21F3N6O3S. The summed E-state index contributed by atoms with van der Waals surface area (Å²) in [4.78, 5) is 7.19. The molecule has 9 nitrogen and oxygen atoms in total. The Hall–Kier alpha value is -3.97. The van der Waals surface area contributed by atoms with Crippen LogP contribution >= 0.6 is 0 Å². The van der Waals surface area contributed by atoms with Crippen molar-refractivity contribution >= 4 is 21.5 Å². The van der Waals surface area contributed by atoms with Gasteiger partial charge < -0.3 is 10.5 Å². The molecule has 0 radical (unpaired) electrons. The molecule has 0 atom stereocenters. The smallest absolute Gasteiger partial charge is 0.265 e. The Bertz CT molecular complexity index is 1570. The van der Waals surface area contributed by atoms with E-state index in [1.54, 1.807) is 10.9 Å². The van der Waals surface area contributed by atoms with Crippen molar-refractivity contribution in [2.75, 3.05) is 23.7 Å². The van der Waals surface area contributed by atoms with E-state index >= 15 is 4.39 Å². The van der Waals surface area contributed by atoms with Crippen LogP contribution in [0, 0.1) is 17.5 Å². The first-order chi connectivity index (χ1) is 17.7. The number of hydrogen-bond donors (Lipinski definition) is 2. The number of anilines is 2. The molecule has 0 saturated carbocycles. The number of aromatic nitrogens is 4. The van der Waals surface area contributed by atoms with Crippen LogP contribution in [-0.4, -0.2) is 41.4 Å². The van der Waals surface area contributed by atoms with E-state index in [0.29, 0.717) is 49.4 Å². The monoisotopic (exact) mass is 530 g/mol. The molecule has 13 heteroatoms. The minimum atomic E-state index is -4.65. The van der Waals surface area contributed by atoms with Gasteiger partial charge in [-0.2, -0.15) is 5.10 Å². The molecule has 2 aromatic heterocycles. The van der Waals surface area contributed by atoms with Crippen molar-refractivity contribution in [2.45, 2.75) is 23.8 Å². The zero-order valence-corrected chi connectivity index (χ0v) is 20.1. The zero-order valence-electron chi connectivity index (χ0n) is 19.2. The third-order valence-corrected chi connectivity index (χ3v) is 7.32. The summed E-state index contributed by atoms with van der Waals surface area (Å²) in [7, 11) is -4.65. The molecule has 1 fully saturated rings. The number of sulfonamides is 1. The van der Waals surface area contributed by atoms with Gasteiger partial charge in [-0.15, -0.1) is 0 Å². The summed E-state index contributed by atoms with van der Waals surface area (Å²) in [6, 6.07) is 7.53. The van der Waals surface area contributed by atoms with E-state index in [1.807, 2.05) is 4.72 Å². The topological polar surface area (TPSA) is 125 Å². The first-order valence-corrected chi connectivity index (χ1v) is 12.7. The molecular weight excluding hydrogens is 509 g/mol. The molecule has 1 saturated heterocycles. The zero-order chi connectivity index (χ0) is 26.2. The van der Waals surface area contributed by atoms with Gasteiger partial charge in [0.2, 0.25) is 0 Å². The predicted molar refractivity (Wildman–Crippen MR) is 129 cm³/mol. The number of nitrogens with two attached hydrogens (primary N) is 1. The first-order valence-electron chi connectivity index (χ1n) is 11.2. The van der Waals surface area contributed by atoms with E-state index in [-0.39, 0.29) is 23.1 Å². The largest absolute Gasteiger partial charge is 0.384 e. The Morgan fingerprint density at radius 3 is 2.57 bits per heavy atom. The van der Waals surface area contributed by atoms with Gasteiger partial charge in [0.15, 0.2) is 5.82 Å². The maximum Gasteiger partial charge on any atom is 0.265 e. The number of benzene rings is 2. The van der Waals surface area contributed by atoms with Gasteiger partial charge in [0, 0.05) is 36.6 Å². The molecule has 37 heavy (non-hydrogen) atoms. The highest BCUT2D eigenvalue weighted by molar-refractivity contribution is 7.92. The van der Waals surface area contributed by atoms with Crippen LogP contribution in [0.15, 0.2) is 59.9 Å². The van der Waals surface area contributed by atoms with Gasteiger partial charge in [-0.25, -0.2) is 31.6 Å². The van der Waals surface area contributed by atoms with Crippen LogP contribution in [0.2, 0.25) is 0 Å². The number of halogens is 3. The third kappa shape index (κ3) is 5.00. The van der Waals surface area contributed by atoms with Crippen LogP contribution in [0.3, 0.4) is 0 Å². The molecule has 1 aliphatic heterocycles. The summed E-state index contributed by atoms with van der Waals surface area (Å²) < 4.78 is 78.2. The lowest BCUT2D eigenvalue weighted by Gasteiger charge is -2.22. The van der Waals surface area contributed by atoms with Crippen LogP contribution in [0.25, 0.3) is 22.5 Å². The number of ether oxygens (including phenoxy) is 1. The number of hydrogen-bond acceptors (Lipinski definition) is 7. The molecule has 4 aromatic rings. The summed E-state index contributed by atoms with van der Waals surface area (Å²) in [5, 5.41) is 4.63. The molecule has 0 aliphatic carbocycles. The second-order valence-corrected chi connectivity index (χ2v) is 10.0. The molecule has 0 spiro atoms. The van der Waals surface area contributed by atoms with E-state index < -0.39 is 38.1 Å². The molecule has 3 heterocycles. The highest BCUT2D eigenvalue weighted by atomic mass is 32.2. The molecule has 192 valence electrons. The number of nitrogens with one attached hydrogen (secondary N) is 1. The van der Waals surface area contributed by atoms with Crippen molar-refractivity contribution in [2.24, 2.45) is 0 Å². The van der Waals surface area contributed by atoms with Crippen molar-refractivity contribution in [3.8, 4) is 22.5 Å². The quantitative estimate of drug-likeness (QED) is 0.384. The molecule has 2 aromatic carbocycles. The average Bonchev–Trinajstić information content (AvgIpc) is 3.32. The molecule has 5 rings (SSSR count). The second kappa shape index (κ2) is 9.82. The Labute approximate surface area is 210 Å². The first kappa shape index (κ1) is 24.7. The van der Waals surface area contributed by atoms with Crippen LogP contribution in [-0.2, 0) is 14.8 Å². The van der Waals surface area contributed by atoms with Crippen LogP contribution in [0.5, 0.6) is 0 Å². The second-order valence-electron chi connectivity index (χ2n) is 8.39. The molecule has 1 aliphatic rings. The van der Waals surface area contributed by atoms with E-state index in [2.05, 4.69) is 15.1 Å². The third-order valence-electron chi connectivity index (χ3n) is 5.94. The summed E-state index contributed by atoms with van der Waals surface area (Å²) >= 11 is 0. The average molecular weight is 531 g/mol. The fourth-order valence-electron chi connectivity index (χ4n) is 4.11. The Kier molecular flexibility index (Phi) is 6.56. The number of rotatable bonds is 6. The summed E-state index contributed by atoms with van der Waals surface area (Å²) in [5.74, 6) is -2.88. The van der Waals surface area contributed by atoms with Gasteiger partial charge in [-0.3, -0.25) is 9.40 Å². The lowest BCUT2D eigenvalue weighted by molar-refractivity contribution is 0.0663. The van der Waals surface area contributed by atoms with Crippen LogP contribution < -0.4 is 10.5 Å². The van der Waals surface area contributed by atoms with Crippen molar-refractivity contribution < 1.29 is 26.3 Å². The van der Waals surface area contributed by atoms with E-state index in [9.17, 15) is 17.2 Å². The van der Waals surface area contributed by atoms with Crippen molar-refractivity contribution in [1.82, 2.24) is 19.7 Å². The van der Waals surface area contributed by atoms with Gasteiger partial charge in [-0.1, -0.05) is 6.07 Å². The minimum Gasteiger partial charge on any atom is -0.384 e.